The minimum atomic E-state index is -0.0347. The first-order valence-electron chi connectivity index (χ1n) is 8.53. The number of hydrogen-bond donors (Lipinski definition) is 1. The van der Waals surface area contributed by atoms with E-state index >= 15 is 0 Å². The van der Waals surface area contributed by atoms with Gasteiger partial charge in [-0.2, -0.15) is 0 Å². The lowest BCUT2D eigenvalue weighted by molar-refractivity contribution is -0.116. The second-order valence-electron chi connectivity index (χ2n) is 6.13. The molecule has 1 N–H and O–H groups in total. The Hall–Kier alpha value is -1.81. The number of amides is 1. The van der Waals surface area contributed by atoms with Crippen LogP contribution >= 0.6 is 0 Å². The van der Waals surface area contributed by atoms with Crippen molar-refractivity contribution in [3.05, 3.63) is 35.9 Å². The van der Waals surface area contributed by atoms with Crippen LogP contribution in [0.5, 0.6) is 5.75 Å². The maximum absolute atomic E-state index is 11.8. The molecule has 0 unspecified atom stereocenters. The van der Waals surface area contributed by atoms with E-state index in [1.807, 2.05) is 30.3 Å². The Bertz CT molecular complexity index is 511. The Kier molecular flexibility index (Phi) is 7.14. The van der Waals surface area contributed by atoms with E-state index in [0.717, 1.165) is 30.8 Å². The first kappa shape index (κ1) is 17.5. The highest BCUT2D eigenvalue weighted by atomic mass is 16.5. The molecule has 0 radical (unpaired) electrons. The number of benzene rings is 1. The summed E-state index contributed by atoms with van der Waals surface area (Å²) in [5, 5.41) is 2.95. The van der Waals surface area contributed by atoms with E-state index in [4.69, 9.17) is 4.74 Å². The van der Waals surface area contributed by atoms with E-state index in [1.165, 1.54) is 25.8 Å². The van der Waals surface area contributed by atoms with Gasteiger partial charge in [-0.15, -0.1) is 0 Å². The molecule has 4 heteroatoms. The van der Waals surface area contributed by atoms with Crippen LogP contribution in [0.3, 0.4) is 0 Å². The van der Waals surface area contributed by atoms with Crippen molar-refractivity contribution in [2.75, 3.05) is 26.7 Å². The molecule has 1 atom stereocenters. The summed E-state index contributed by atoms with van der Waals surface area (Å²) in [6.45, 7) is 5.31. The summed E-state index contributed by atoms with van der Waals surface area (Å²) >= 11 is 0. The lowest BCUT2D eigenvalue weighted by Crippen LogP contribution is -2.39. The summed E-state index contributed by atoms with van der Waals surface area (Å²) < 4.78 is 5.11. The number of carbonyl (C=O) groups excluding carboxylic acids is 1. The molecule has 1 amide bonds. The molecule has 126 valence electrons. The molecule has 23 heavy (non-hydrogen) atoms. The summed E-state index contributed by atoms with van der Waals surface area (Å²) in [7, 11) is 1.64. The smallest absolute Gasteiger partial charge is 0.243 e. The van der Waals surface area contributed by atoms with Crippen molar-refractivity contribution in [2.24, 2.45) is 0 Å². The Balaban J connectivity index is 1.65. The Morgan fingerprint density at radius 3 is 2.83 bits per heavy atom. The molecule has 1 aliphatic rings. The standard InChI is InChI=1S/C19H28N2O2/c1-16-6-3-4-14-21(16)15-5-13-20-19(22)12-9-17-7-10-18(23-2)11-8-17/h7-12,16H,3-6,13-15H2,1-2H3,(H,20,22)/b12-9+/t16-/m0/s1. The van der Waals surface area contributed by atoms with E-state index in [1.54, 1.807) is 13.2 Å². The Labute approximate surface area is 139 Å². The molecule has 1 fully saturated rings. The Morgan fingerprint density at radius 1 is 1.35 bits per heavy atom. The van der Waals surface area contributed by atoms with Gasteiger partial charge in [-0.25, -0.2) is 0 Å². The highest BCUT2D eigenvalue weighted by Crippen LogP contribution is 2.16. The second kappa shape index (κ2) is 9.36. The fraction of sp³-hybridized carbons (Fsp3) is 0.526. The first-order valence-corrected chi connectivity index (χ1v) is 8.53. The first-order chi connectivity index (χ1) is 11.2. The number of piperidine rings is 1. The van der Waals surface area contributed by atoms with Gasteiger partial charge >= 0.3 is 0 Å². The van der Waals surface area contributed by atoms with Gasteiger partial charge in [0.05, 0.1) is 7.11 Å². The van der Waals surface area contributed by atoms with E-state index in [9.17, 15) is 4.79 Å². The van der Waals surface area contributed by atoms with Crippen molar-refractivity contribution in [1.29, 1.82) is 0 Å². The predicted molar refractivity (Wildman–Crippen MR) is 94.5 cm³/mol. The third-order valence-electron chi connectivity index (χ3n) is 4.40. The zero-order chi connectivity index (χ0) is 16.5. The minimum Gasteiger partial charge on any atom is -0.497 e. The quantitative estimate of drug-likeness (QED) is 0.621. The number of ether oxygens (including phenoxy) is 1. The molecule has 0 bridgehead atoms. The Morgan fingerprint density at radius 2 is 2.13 bits per heavy atom. The van der Waals surface area contributed by atoms with Gasteiger partial charge in [0.25, 0.3) is 0 Å². The van der Waals surface area contributed by atoms with Gasteiger partial charge in [-0.3, -0.25) is 4.79 Å². The lowest BCUT2D eigenvalue weighted by atomic mass is 10.0. The highest BCUT2D eigenvalue weighted by Gasteiger charge is 2.16. The summed E-state index contributed by atoms with van der Waals surface area (Å²) in [5.74, 6) is 0.783. The number of hydrogen-bond acceptors (Lipinski definition) is 3. The molecule has 2 rings (SSSR count). The zero-order valence-corrected chi connectivity index (χ0v) is 14.3. The van der Waals surface area contributed by atoms with Gasteiger partial charge in [-0.1, -0.05) is 18.6 Å². The van der Waals surface area contributed by atoms with Gasteiger partial charge in [0.2, 0.25) is 5.91 Å². The summed E-state index contributed by atoms with van der Waals surface area (Å²) in [6.07, 6.45) is 8.38. The highest BCUT2D eigenvalue weighted by molar-refractivity contribution is 5.91. The summed E-state index contributed by atoms with van der Waals surface area (Å²) in [5.41, 5.74) is 0.989. The zero-order valence-electron chi connectivity index (χ0n) is 14.3. The van der Waals surface area contributed by atoms with Crippen LogP contribution in [0.1, 0.15) is 38.2 Å². The molecule has 4 nitrogen and oxygen atoms in total. The topological polar surface area (TPSA) is 41.6 Å². The van der Waals surface area contributed by atoms with Crippen LogP contribution in [-0.2, 0) is 4.79 Å². The van der Waals surface area contributed by atoms with Gasteiger partial charge in [-0.05, 0) is 56.5 Å². The average Bonchev–Trinajstić information content (AvgIpc) is 2.59. The molecule has 1 aliphatic heterocycles. The third-order valence-corrected chi connectivity index (χ3v) is 4.40. The van der Waals surface area contributed by atoms with E-state index < -0.39 is 0 Å². The van der Waals surface area contributed by atoms with Crippen molar-refractivity contribution in [2.45, 2.75) is 38.6 Å². The van der Waals surface area contributed by atoms with Crippen molar-refractivity contribution in [3.63, 3.8) is 0 Å². The molecule has 0 saturated carbocycles. The summed E-state index contributed by atoms with van der Waals surface area (Å²) in [4.78, 5) is 14.3. The van der Waals surface area contributed by atoms with Gasteiger partial charge in [0.15, 0.2) is 0 Å². The lowest BCUT2D eigenvalue weighted by Gasteiger charge is -2.33. The van der Waals surface area contributed by atoms with E-state index in [0.29, 0.717) is 6.04 Å². The van der Waals surface area contributed by atoms with Crippen LogP contribution in [0.25, 0.3) is 6.08 Å². The van der Waals surface area contributed by atoms with Crippen LogP contribution in [0, 0.1) is 0 Å². The van der Waals surface area contributed by atoms with Crippen LogP contribution in [-0.4, -0.2) is 43.6 Å². The van der Waals surface area contributed by atoms with Gasteiger partial charge in [0.1, 0.15) is 5.75 Å². The van der Waals surface area contributed by atoms with Gasteiger partial charge in [0, 0.05) is 25.2 Å². The molecule has 1 heterocycles. The van der Waals surface area contributed by atoms with E-state index in [-0.39, 0.29) is 5.91 Å². The second-order valence-corrected chi connectivity index (χ2v) is 6.13. The van der Waals surface area contributed by atoms with Crippen molar-refractivity contribution in [3.8, 4) is 5.75 Å². The monoisotopic (exact) mass is 316 g/mol. The molecule has 1 saturated heterocycles. The third kappa shape index (κ3) is 6.06. The predicted octanol–water partition coefficient (Wildman–Crippen LogP) is 3.09. The van der Waals surface area contributed by atoms with Gasteiger partial charge < -0.3 is 15.0 Å². The number of rotatable bonds is 7. The molecular weight excluding hydrogens is 288 g/mol. The van der Waals surface area contributed by atoms with Crippen LogP contribution in [0.2, 0.25) is 0 Å². The van der Waals surface area contributed by atoms with Crippen LogP contribution in [0.4, 0.5) is 0 Å². The van der Waals surface area contributed by atoms with E-state index in [2.05, 4.69) is 17.1 Å². The number of nitrogens with zero attached hydrogens (tertiary/aromatic N) is 1. The SMILES string of the molecule is COc1ccc(/C=C/C(=O)NCCCN2CCCC[C@@H]2C)cc1. The molecule has 0 aliphatic carbocycles. The number of methoxy groups -OCH3 is 1. The number of likely N-dealkylation sites (tertiary alicyclic amines) is 1. The fourth-order valence-corrected chi connectivity index (χ4v) is 2.93. The summed E-state index contributed by atoms with van der Waals surface area (Å²) in [6, 6.07) is 8.32. The maximum Gasteiger partial charge on any atom is 0.243 e. The number of nitrogens with one attached hydrogen (secondary N) is 1. The molecule has 1 aromatic carbocycles. The average molecular weight is 316 g/mol. The van der Waals surface area contributed by atoms with Crippen molar-refractivity contribution < 1.29 is 9.53 Å². The van der Waals surface area contributed by atoms with Crippen LogP contribution in [0.15, 0.2) is 30.3 Å². The van der Waals surface area contributed by atoms with Crippen molar-refractivity contribution >= 4 is 12.0 Å². The van der Waals surface area contributed by atoms with Crippen molar-refractivity contribution in [1.82, 2.24) is 10.2 Å². The minimum absolute atomic E-state index is 0.0347. The van der Waals surface area contributed by atoms with Crippen LogP contribution < -0.4 is 10.1 Å². The maximum atomic E-state index is 11.8. The normalized spacial score (nSPS) is 19.0. The molecule has 1 aromatic rings. The molecular formula is C19H28N2O2. The molecule has 0 aromatic heterocycles. The fourth-order valence-electron chi connectivity index (χ4n) is 2.93. The largest absolute Gasteiger partial charge is 0.497 e. The number of carbonyl (C=O) groups is 1. The molecule has 0 spiro atoms.